The zero-order valence-corrected chi connectivity index (χ0v) is 25.8. The van der Waals surface area contributed by atoms with E-state index >= 15 is 0 Å². The van der Waals surface area contributed by atoms with Crippen LogP contribution >= 0.6 is 0 Å². The van der Waals surface area contributed by atoms with Crippen LogP contribution in [0.15, 0.2) is 24.3 Å². The summed E-state index contributed by atoms with van der Waals surface area (Å²) in [4.78, 5) is 25.9. The molecule has 4 rings (SSSR count). The van der Waals surface area contributed by atoms with E-state index < -0.39 is 0 Å². The summed E-state index contributed by atoms with van der Waals surface area (Å²) in [6.45, 7) is 24.2. The van der Waals surface area contributed by atoms with E-state index in [1.807, 2.05) is 0 Å². The van der Waals surface area contributed by atoms with E-state index in [1.165, 1.54) is 5.56 Å². The van der Waals surface area contributed by atoms with E-state index in [9.17, 15) is 0 Å². The van der Waals surface area contributed by atoms with Crippen molar-refractivity contribution in [2.24, 2.45) is 0 Å². The van der Waals surface area contributed by atoms with E-state index in [1.54, 1.807) is 0 Å². The summed E-state index contributed by atoms with van der Waals surface area (Å²) in [5, 5.41) is 3.33. The van der Waals surface area contributed by atoms with Crippen LogP contribution in [0.25, 0.3) is 0 Å². The molecule has 2 aromatic rings. The molecular formula is C30H52N10O. The van der Waals surface area contributed by atoms with Crippen molar-refractivity contribution in [3.05, 3.63) is 29.8 Å². The van der Waals surface area contributed by atoms with Gasteiger partial charge in [0.1, 0.15) is 0 Å². The standard InChI is InChI=1S/C30H52N10O/c1-5-36-13-14-37(6-2)17-18-39(8-4)27(24-38(7-3)16-15-36)23-25-9-11-26(12-10-25)32-29-33-28(31)34-30(35-29)40-19-21-41-22-20-40/h9-12,27H,5-8,13-24H2,1-4H3,(H3,31,32,33,34,35). The van der Waals surface area contributed by atoms with Gasteiger partial charge in [-0.1, -0.05) is 39.8 Å². The molecule has 2 aliphatic rings. The van der Waals surface area contributed by atoms with Crippen molar-refractivity contribution in [3.8, 4) is 0 Å². The second kappa shape index (κ2) is 16.2. The maximum Gasteiger partial charge on any atom is 0.233 e. The van der Waals surface area contributed by atoms with E-state index in [0.717, 1.165) is 97.2 Å². The smallest absolute Gasteiger partial charge is 0.233 e. The fraction of sp³-hybridized carbons (Fsp3) is 0.700. The van der Waals surface area contributed by atoms with Gasteiger partial charge in [-0.25, -0.2) is 0 Å². The third kappa shape index (κ3) is 9.47. The molecule has 11 heteroatoms. The molecule has 3 N–H and O–H groups in total. The van der Waals surface area contributed by atoms with Crippen LogP contribution in [0, 0.1) is 0 Å². The van der Waals surface area contributed by atoms with Gasteiger partial charge in [0.05, 0.1) is 13.2 Å². The number of rotatable bonds is 9. The van der Waals surface area contributed by atoms with Crippen LogP contribution in [0.1, 0.15) is 33.3 Å². The minimum absolute atomic E-state index is 0.215. The maximum absolute atomic E-state index is 6.02. The summed E-state index contributed by atoms with van der Waals surface area (Å²) in [6, 6.07) is 9.15. The molecule has 0 radical (unpaired) electrons. The highest BCUT2D eigenvalue weighted by Crippen LogP contribution is 2.20. The Balaban J connectivity index is 1.45. The van der Waals surface area contributed by atoms with Crippen LogP contribution in [0.5, 0.6) is 0 Å². The Morgan fingerprint density at radius 1 is 0.756 bits per heavy atom. The summed E-state index contributed by atoms with van der Waals surface area (Å²) in [5.74, 6) is 1.27. The van der Waals surface area contributed by atoms with Crippen LogP contribution in [0.4, 0.5) is 23.5 Å². The highest BCUT2D eigenvalue weighted by Gasteiger charge is 2.23. The molecule has 2 fully saturated rings. The number of ether oxygens (including phenoxy) is 1. The monoisotopic (exact) mass is 568 g/mol. The van der Waals surface area contributed by atoms with Gasteiger partial charge in [0.25, 0.3) is 0 Å². The molecular weight excluding hydrogens is 516 g/mol. The summed E-state index contributed by atoms with van der Waals surface area (Å²) < 4.78 is 5.45. The van der Waals surface area contributed by atoms with E-state index in [-0.39, 0.29) is 5.95 Å². The van der Waals surface area contributed by atoms with Crippen LogP contribution in [0.2, 0.25) is 0 Å². The predicted octanol–water partition coefficient (Wildman–Crippen LogP) is 2.25. The summed E-state index contributed by atoms with van der Waals surface area (Å²) in [6.07, 6.45) is 1.02. The number of nitrogens with two attached hydrogens (primary N) is 1. The van der Waals surface area contributed by atoms with Crippen molar-refractivity contribution < 1.29 is 4.74 Å². The van der Waals surface area contributed by atoms with Gasteiger partial charge in [0, 0.05) is 70.6 Å². The molecule has 41 heavy (non-hydrogen) atoms. The molecule has 3 heterocycles. The summed E-state index contributed by atoms with van der Waals surface area (Å²) in [7, 11) is 0. The van der Waals surface area contributed by atoms with Gasteiger partial charge in [-0.05, 0) is 50.3 Å². The first-order valence-corrected chi connectivity index (χ1v) is 15.6. The lowest BCUT2D eigenvalue weighted by molar-refractivity contribution is 0.105. The van der Waals surface area contributed by atoms with Gasteiger partial charge in [-0.3, -0.25) is 4.90 Å². The van der Waals surface area contributed by atoms with Crippen molar-refractivity contribution in [3.63, 3.8) is 0 Å². The largest absolute Gasteiger partial charge is 0.378 e. The molecule has 1 atom stereocenters. The van der Waals surface area contributed by atoms with Gasteiger partial charge >= 0.3 is 0 Å². The molecule has 0 saturated carbocycles. The molecule has 2 saturated heterocycles. The Morgan fingerprint density at radius 2 is 1.37 bits per heavy atom. The Morgan fingerprint density at radius 3 is 1.98 bits per heavy atom. The fourth-order valence-corrected chi connectivity index (χ4v) is 5.74. The number of likely N-dealkylation sites (N-methyl/N-ethyl adjacent to an activating group) is 4. The van der Waals surface area contributed by atoms with Crippen molar-refractivity contribution in [2.45, 2.75) is 40.2 Å². The average molecular weight is 569 g/mol. The Kier molecular flexibility index (Phi) is 12.4. The highest BCUT2D eigenvalue weighted by atomic mass is 16.5. The second-order valence-electron chi connectivity index (χ2n) is 11.0. The number of morpholine rings is 1. The minimum Gasteiger partial charge on any atom is -0.378 e. The number of nitrogen functional groups attached to an aromatic ring is 1. The first-order chi connectivity index (χ1) is 20.0. The lowest BCUT2D eigenvalue weighted by Gasteiger charge is -2.38. The van der Waals surface area contributed by atoms with Gasteiger partial charge in [0.15, 0.2) is 0 Å². The van der Waals surface area contributed by atoms with E-state index in [2.05, 4.69) is 96.7 Å². The molecule has 0 spiro atoms. The topological polar surface area (TPSA) is 102 Å². The number of nitrogens with zero attached hydrogens (tertiary/aromatic N) is 8. The fourth-order valence-electron chi connectivity index (χ4n) is 5.74. The van der Waals surface area contributed by atoms with E-state index in [0.29, 0.717) is 31.2 Å². The third-order valence-electron chi connectivity index (χ3n) is 8.52. The first kappa shape index (κ1) is 31.4. The summed E-state index contributed by atoms with van der Waals surface area (Å²) >= 11 is 0. The number of hydrogen-bond donors (Lipinski definition) is 2. The number of benzene rings is 1. The number of nitrogens with one attached hydrogen (secondary N) is 1. The molecule has 1 aromatic heterocycles. The van der Waals surface area contributed by atoms with Gasteiger partial charge < -0.3 is 35.4 Å². The molecule has 11 nitrogen and oxygen atoms in total. The zero-order valence-electron chi connectivity index (χ0n) is 25.8. The molecule has 1 unspecified atom stereocenters. The SMILES string of the molecule is CCN1CCN(CC)CCN(CC)C(Cc2ccc(Nc3nc(N)nc(N4CCOCC4)n3)cc2)CN(CC)CC1. The lowest BCUT2D eigenvalue weighted by Crippen LogP contribution is -2.50. The van der Waals surface area contributed by atoms with Gasteiger partial charge in [0.2, 0.25) is 17.8 Å². The van der Waals surface area contributed by atoms with Gasteiger partial charge in [-0.2, -0.15) is 15.0 Å². The first-order valence-electron chi connectivity index (χ1n) is 15.6. The van der Waals surface area contributed by atoms with Crippen LogP contribution in [-0.2, 0) is 11.2 Å². The third-order valence-corrected chi connectivity index (χ3v) is 8.52. The maximum atomic E-state index is 6.02. The molecule has 0 amide bonds. The minimum atomic E-state index is 0.215. The summed E-state index contributed by atoms with van der Waals surface area (Å²) in [5.41, 5.74) is 8.30. The second-order valence-corrected chi connectivity index (χ2v) is 11.0. The number of aromatic nitrogens is 3. The Bertz CT molecular complexity index is 1030. The quantitative estimate of drug-likeness (QED) is 0.466. The number of hydrogen-bond acceptors (Lipinski definition) is 11. The normalized spacial score (nSPS) is 21.4. The molecule has 1 aromatic carbocycles. The van der Waals surface area contributed by atoms with Gasteiger partial charge in [-0.15, -0.1) is 0 Å². The van der Waals surface area contributed by atoms with E-state index in [4.69, 9.17) is 10.5 Å². The lowest BCUT2D eigenvalue weighted by atomic mass is 10.0. The van der Waals surface area contributed by atoms with Crippen molar-refractivity contribution >= 4 is 23.5 Å². The van der Waals surface area contributed by atoms with Crippen molar-refractivity contribution in [1.82, 2.24) is 34.6 Å². The Labute approximate surface area is 247 Å². The molecule has 228 valence electrons. The zero-order chi connectivity index (χ0) is 29.0. The molecule has 0 bridgehead atoms. The van der Waals surface area contributed by atoms with Crippen LogP contribution < -0.4 is 16.0 Å². The van der Waals surface area contributed by atoms with Crippen molar-refractivity contribution in [1.29, 1.82) is 0 Å². The Hall–Kier alpha value is -2.57. The van der Waals surface area contributed by atoms with Crippen molar-refractivity contribution in [2.75, 3.05) is 114 Å². The average Bonchev–Trinajstić information content (AvgIpc) is 2.99. The molecule has 2 aliphatic heterocycles. The predicted molar refractivity (Wildman–Crippen MR) is 168 cm³/mol. The number of anilines is 4. The molecule has 0 aliphatic carbocycles. The van der Waals surface area contributed by atoms with Crippen LogP contribution in [-0.4, -0.2) is 139 Å². The highest BCUT2D eigenvalue weighted by molar-refractivity contribution is 5.56. The van der Waals surface area contributed by atoms with Crippen LogP contribution in [0.3, 0.4) is 0 Å².